The van der Waals surface area contributed by atoms with Gasteiger partial charge in [0.1, 0.15) is 5.38 Å². The molecule has 0 aromatic carbocycles. The summed E-state index contributed by atoms with van der Waals surface area (Å²) in [5.41, 5.74) is 0. The van der Waals surface area contributed by atoms with Crippen molar-refractivity contribution >= 4 is 23.9 Å². The van der Waals surface area contributed by atoms with Gasteiger partial charge in [-0.25, -0.2) is 0 Å². The van der Waals surface area contributed by atoms with E-state index in [2.05, 4.69) is 4.74 Å². The maximum atomic E-state index is 10.4. The summed E-state index contributed by atoms with van der Waals surface area (Å²) in [6.45, 7) is 0. The predicted octanol–water partition coefficient (Wildman–Crippen LogP) is 0.657. The second-order valence-corrected chi connectivity index (χ2v) is 2.23. The van der Waals surface area contributed by atoms with Crippen molar-refractivity contribution in [2.75, 3.05) is 7.11 Å². The molecule has 10 heavy (non-hydrogen) atoms. The van der Waals surface area contributed by atoms with E-state index in [0.29, 0.717) is 0 Å². The molecule has 0 amide bonds. The molecule has 0 heterocycles. The molecule has 0 bridgehead atoms. The second-order valence-electron chi connectivity index (χ2n) is 1.70. The van der Waals surface area contributed by atoms with E-state index in [-0.39, 0.29) is 18.8 Å². The van der Waals surface area contributed by atoms with E-state index < -0.39 is 5.38 Å². The molecule has 1 atom stereocenters. The largest absolute Gasteiger partial charge is 0.469 e. The average molecular weight is 164 g/mol. The quantitative estimate of drug-likeness (QED) is 0.452. The highest BCUT2D eigenvalue weighted by molar-refractivity contribution is 6.27. The Hall–Kier alpha value is -0.570. The van der Waals surface area contributed by atoms with Crippen molar-refractivity contribution in [3.8, 4) is 0 Å². The Balaban J connectivity index is 3.34. The zero-order chi connectivity index (χ0) is 7.98. The molecular formula is C6H8ClO3. The van der Waals surface area contributed by atoms with Gasteiger partial charge in [-0.2, -0.15) is 0 Å². The van der Waals surface area contributed by atoms with Crippen molar-refractivity contribution in [2.24, 2.45) is 0 Å². The van der Waals surface area contributed by atoms with E-state index in [0.717, 1.165) is 0 Å². The SMILES string of the molecule is COC(=O)CC[C@@H](Cl)[C]=O. The molecule has 0 saturated heterocycles. The minimum absolute atomic E-state index is 0.167. The smallest absolute Gasteiger partial charge is 0.305 e. The van der Waals surface area contributed by atoms with E-state index in [1.807, 2.05) is 0 Å². The lowest BCUT2D eigenvalue weighted by molar-refractivity contribution is -0.140. The first kappa shape index (κ1) is 9.43. The van der Waals surface area contributed by atoms with Gasteiger partial charge in [0, 0.05) is 6.42 Å². The van der Waals surface area contributed by atoms with Gasteiger partial charge in [-0.15, -0.1) is 11.6 Å². The lowest BCUT2D eigenvalue weighted by Gasteiger charge is -1.97. The number of ether oxygens (including phenoxy) is 1. The first-order valence-electron chi connectivity index (χ1n) is 2.79. The molecule has 0 aromatic heterocycles. The van der Waals surface area contributed by atoms with Crippen LogP contribution < -0.4 is 0 Å². The number of hydrogen-bond acceptors (Lipinski definition) is 3. The second kappa shape index (κ2) is 5.23. The van der Waals surface area contributed by atoms with E-state index >= 15 is 0 Å². The van der Waals surface area contributed by atoms with Crippen LogP contribution in [-0.4, -0.2) is 24.7 Å². The van der Waals surface area contributed by atoms with Crippen LogP contribution in [0.5, 0.6) is 0 Å². The van der Waals surface area contributed by atoms with Crippen LogP contribution in [0.3, 0.4) is 0 Å². The Labute approximate surface area is 64.3 Å². The number of rotatable bonds is 4. The molecule has 0 saturated carbocycles. The number of hydrogen-bond donors (Lipinski definition) is 0. The lowest BCUT2D eigenvalue weighted by Crippen LogP contribution is -2.06. The lowest BCUT2D eigenvalue weighted by atomic mass is 10.2. The first-order chi connectivity index (χ1) is 4.70. The summed E-state index contributed by atoms with van der Waals surface area (Å²) < 4.78 is 4.32. The highest BCUT2D eigenvalue weighted by Crippen LogP contribution is 2.02. The molecule has 0 aliphatic carbocycles. The number of halogens is 1. The fourth-order valence-corrected chi connectivity index (χ4v) is 0.515. The summed E-state index contributed by atoms with van der Waals surface area (Å²) in [6.07, 6.45) is 2.01. The highest BCUT2D eigenvalue weighted by atomic mass is 35.5. The highest BCUT2D eigenvalue weighted by Gasteiger charge is 2.06. The molecule has 4 heteroatoms. The normalized spacial score (nSPS) is 12.2. The van der Waals surface area contributed by atoms with Crippen LogP contribution in [0.4, 0.5) is 0 Å². The summed E-state index contributed by atoms with van der Waals surface area (Å²) in [7, 11) is 1.29. The van der Waals surface area contributed by atoms with Gasteiger partial charge in [-0.3, -0.25) is 9.59 Å². The van der Waals surface area contributed by atoms with Gasteiger partial charge in [0.2, 0.25) is 6.29 Å². The van der Waals surface area contributed by atoms with Gasteiger partial charge < -0.3 is 4.74 Å². The number of carbonyl (C=O) groups excluding carboxylic acids is 2. The Kier molecular flexibility index (Phi) is 4.94. The fraction of sp³-hybridized carbons (Fsp3) is 0.667. The summed E-state index contributed by atoms with van der Waals surface area (Å²) >= 11 is 5.33. The third-order valence-electron chi connectivity index (χ3n) is 0.957. The average Bonchev–Trinajstić information content (AvgIpc) is 1.99. The Morgan fingerprint density at radius 1 is 1.80 bits per heavy atom. The third-order valence-corrected chi connectivity index (χ3v) is 1.26. The molecule has 0 spiro atoms. The van der Waals surface area contributed by atoms with E-state index in [1.165, 1.54) is 7.11 Å². The monoisotopic (exact) mass is 163 g/mol. The van der Waals surface area contributed by atoms with Gasteiger partial charge in [0.25, 0.3) is 0 Å². The van der Waals surface area contributed by atoms with Crippen molar-refractivity contribution in [3.05, 3.63) is 0 Å². The molecule has 0 rings (SSSR count). The van der Waals surface area contributed by atoms with Crippen molar-refractivity contribution in [1.82, 2.24) is 0 Å². The van der Waals surface area contributed by atoms with Crippen molar-refractivity contribution in [1.29, 1.82) is 0 Å². The maximum absolute atomic E-state index is 10.4. The number of methoxy groups -OCH3 is 1. The number of esters is 1. The van der Waals surface area contributed by atoms with Gasteiger partial charge in [0.05, 0.1) is 7.11 Å². The topological polar surface area (TPSA) is 43.4 Å². The van der Waals surface area contributed by atoms with Gasteiger partial charge in [0.15, 0.2) is 0 Å². The molecule has 1 radical (unpaired) electrons. The van der Waals surface area contributed by atoms with Gasteiger partial charge in [-0.1, -0.05) is 0 Å². The standard InChI is InChI=1S/C6H8ClO3/c1-10-6(9)3-2-5(7)4-8/h5H,2-3H2,1H3/t5-/m1/s1. The molecule has 3 nitrogen and oxygen atoms in total. The van der Waals surface area contributed by atoms with Gasteiger partial charge in [-0.05, 0) is 6.42 Å². The van der Waals surface area contributed by atoms with Crippen LogP contribution in [-0.2, 0) is 14.3 Å². The maximum Gasteiger partial charge on any atom is 0.305 e. The van der Waals surface area contributed by atoms with Crippen LogP contribution in [0, 0.1) is 0 Å². The van der Waals surface area contributed by atoms with Gasteiger partial charge >= 0.3 is 5.97 Å². The van der Waals surface area contributed by atoms with Crippen LogP contribution in [0.1, 0.15) is 12.8 Å². The van der Waals surface area contributed by atoms with Crippen LogP contribution in [0.15, 0.2) is 0 Å². The summed E-state index contributed by atoms with van der Waals surface area (Å²) in [6, 6.07) is 0. The van der Waals surface area contributed by atoms with E-state index in [1.54, 1.807) is 6.29 Å². The Morgan fingerprint density at radius 2 is 2.40 bits per heavy atom. The molecule has 0 aliphatic rings. The number of carbonyl (C=O) groups is 1. The zero-order valence-electron chi connectivity index (χ0n) is 5.59. The number of alkyl halides is 1. The predicted molar refractivity (Wildman–Crippen MR) is 36.6 cm³/mol. The first-order valence-corrected chi connectivity index (χ1v) is 3.23. The molecule has 0 fully saturated rings. The van der Waals surface area contributed by atoms with E-state index in [9.17, 15) is 9.59 Å². The molecule has 0 N–H and O–H groups in total. The van der Waals surface area contributed by atoms with Crippen LogP contribution in [0.2, 0.25) is 0 Å². The zero-order valence-corrected chi connectivity index (χ0v) is 6.35. The van der Waals surface area contributed by atoms with Crippen molar-refractivity contribution in [3.63, 3.8) is 0 Å². The molecule has 57 valence electrons. The Bertz CT molecular complexity index is 124. The minimum atomic E-state index is -0.695. The third kappa shape index (κ3) is 4.32. The minimum Gasteiger partial charge on any atom is -0.469 e. The van der Waals surface area contributed by atoms with Crippen LogP contribution in [0.25, 0.3) is 0 Å². The molecule has 0 unspecified atom stereocenters. The van der Waals surface area contributed by atoms with Crippen LogP contribution >= 0.6 is 11.6 Å². The summed E-state index contributed by atoms with van der Waals surface area (Å²) in [4.78, 5) is 20.2. The van der Waals surface area contributed by atoms with Crippen molar-refractivity contribution in [2.45, 2.75) is 18.2 Å². The Morgan fingerprint density at radius 3 is 2.80 bits per heavy atom. The summed E-state index contributed by atoms with van der Waals surface area (Å²) in [5, 5.41) is -0.695. The fourth-order valence-electron chi connectivity index (χ4n) is 0.406. The van der Waals surface area contributed by atoms with Crippen molar-refractivity contribution < 1.29 is 14.3 Å². The molecular weight excluding hydrogens is 156 g/mol. The van der Waals surface area contributed by atoms with E-state index in [4.69, 9.17) is 11.6 Å². The summed E-state index contributed by atoms with van der Waals surface area (Å²) in [5.74, 6) is -0.360. The molecule has 0 aliphatic heterocycles. The molecule has 0 aromatic rings.